The first-order chi connectivity index (χ1) is 7.63. The summed E-state index contributed by atoms with van der Waals surface area (Å²) < 4.78 is 14.4. The zero-order valence-electron chi connectivity index (χ0n) is 9.16. The van der Waals surface area contributed by atoms with Gasteiger partial charge in [-0.05, 0) is 34.3 Å². The van der Waals surface area contributed by atoms with Gasteiger partial charge in [0.15, 0.2) is 11.6 Å². The second-order valence-corrected chi connectivity index (χ2v) is 5.14. The number of hydrogen-bond acceptors (Lipinski definition) is 3. The van der Waals surface area contributed by atoms with Crippen LogP contribution in [0.3, 0.4) is 0 Å². The van der Waals surface area contributed by atoms with E-state index in [0.29, 0.717) is 22.8 Å². The minimum Gasteiger partial charge on any atom is -0.350 e. The second-order valence-electron chi connectivity index (χ2n) is 4.22. The third-order valence-corrected chi connectivity index (χ3v) is 3.62. The topological polar surface area (TPSA) is 42.2 Å². The van der Waals surface area contributed by atoms with E-state index in [0.717, 1.165) is 13.0 Å². The SMILES string of the molecule is CC1CCN(c2ncc(Br)cc2F)C1CN. The van der Waals surface area contributed by atoms with E-state index in [9.17, 15) is 4.39 Å². The molecule has 2 N–H and O–H groups in total. The molecule has 0 radical (unpaired) electrons. The molecule has 0 spiro atoms. The summed E-state index contributed by atoms with van der Waals surface area (Å²) in [6.07, 6.45) is 2.66. The summed E-state index contributed by atoms with van der Waals surface area (Å²) in [5.74, 6) is 0.625. The van der Waals surface area contributed by atoms with E-state index in [2.05, 4.69) is 27.8 Å². The van der Waals surface area contributed by atoms with Gasteiger partial charge in [-0.3, -0.25) is 0 Å². The van der Waals surface area contributed by atoms with Crippen molar-refractivity contribution in [3.63, 3.8) is 0 Å². The molecule has 2 rings (SSSR count). The summed E-state index contributed by atoms with van der Waals surface area (Å²) in [7, 11) is 0. The molecule has 1 saturated heterocycles. The average Bonchev–Trinajstić information content (AvgIpc) is 2.59. The van der Waals surface area contributed by atoms with E-state index in [1.807, 2.05) is 4.90 Å². The third-order valence-electron chi connectivity index (χ3n) is 3.18. The number of halogens is 2. The largest absolute Gasteiger partial charge is 0.350 e. The van der Waals surface area contributed by atoms with Crippen molar-refractivity contribution in [1.82, 2.24) is 4.98 Å². The van der Waals surface area contributed by atoms with Crippen LogP contribution in [-0.2, 0) is 0 Å². The lowest BCUT2D eigenvalue weighted by atomic mass is 10.0. The van der Waals surface area contributed by atoms with Gasteiger partial charge < -0.3 is 10.6 Å². The lowest BCUT2D eigenvalue weighted by Crippen LogP contribution is -2.39. The van der Waals surface area contributed by atoms with E-state index in [1.165, 1.54) is 6.07 Å². The Morgan fingerprint density at radius 3 is 3.06 bits per heavy atom. The fourth-order valence-electron chi connectivity index (χ4n) is 2.25. The first kappa shape index (κ1) is 11.8. The minimum absolute atomic E-state index is 0.197. The maximum Gasteiger partial charge on any atom is 0.166 e. The van der Waals surface area contributed by atoms with Crippen LogP contribution < -0.4 is 10.6 Å². The van der Waals surface area contributed by atoms with Gasteiger partial charge in [0.1, 0.15) is 0 Å². The zero-order valence-corrected chi connectivity index (χ0v) is 10.7. The van der Waals surface area contributed by atoms with Crippen molar-refractivity contribution >= 4 is 21.7 Å². The van der Waals surface area contributed by atoms with Crippen LogP contribution in [0.15, 0.2) is 16.7 Å². The van der Waals surface area contributed by atoms with Gasteiger partial charge in [-0.15, -0.1) is 0 Å². The Kier molecular flexibility index (Phi) is 3.44. The molecule has 5 heteroatoms. The van der Waals surface area contributed by atoms with Crippen LogP contribution >= 0.6 is 15.9 Å². The average molecular weight is 288 g/mol. The quantitative estimate of drug-likeness (QED) is 0.906. The molecule has 0 bridgehead atoms. The summed E-state index contributed by atoms with van der Waals surface area (Å²) in [6.45, 7) is 3.52. The molecule has 3 nitrogen and oxygen atoms in total. The van der Waals surface area contributed by atoms with Crippen molar-refractivity contribution in [3.05, 3.63) is 22.6 Å². The van der Waals surface area contributed by atoms with Crippen molar-refractivity contribution in [2.24, 2.45) is 11.7 Å². The van der Waals surface area contributed by atoms with Crippen molar-refractivity contribution in [1.29, 1.82) is 0 Å². The molecule has 16 heavy (non-hydrogen) atoms. The fraction of sp³-hybridized carbons (Fsp3) is 0.545. The van der Waals surface area contributed by atoms with Crippen molar-refractivity contribution < 1.29 is 4.39 Å². The van der Waals surface area contributed by atoms with Crippen LogP contribution in [0.4, 0.5) is 10.2 Å². The van der Waals surface area contributed by atoms with Gasteiger partial charge in [-0.25, -0.2) is 9.37 Å². The van der Waals surface area contributed by atoms with E-state index in [-0.39, 0.29) is 11.9 Å². The molecule has 1 aromatic rings. The number of nitrogens with zero attached hydrogens (tertiary/aromatic N) is 2. The monoisotopic (exact) mass is 287 g/mol. The number of anilines is 1. The Bertz CT molecular complexity index is 385. The fourth-order valence-corrected chi connectivity index (χ4v) is 2.55. The molecule has 0 amide bonds. The zero-order chi connectivity index (χ0) is 11.7. The molecule has 1 aliphatic heterocycles. The molecule has 1 aliphatic rings. The van der Waals surface area contributed by atoms with Crippen molar-refractivity contribution in [2.45, 2.75) is 19.4 Å². The maximum atomic E-state index is 13.8. The normalized spacial score (nSPS) is 25.1. The van der Waals surface area contributed by atoms with E-state index in [1.54, 1.807) is 6.20 Å². The van der Waals surface area contributed by atoms with Gasteiger partial charge in [-0.1, -0.05) is 6.92 Å². The molecule has 88 valence electrons. The number of hydrogen-bond donors (Lipinski definition) is 1. The van der Waals surface area contributed by atoms with Gasteiger partial charge in [-0.2, -0.15) is 0 Å². The van der Waals surface area contributed by atoms with Gasteiger partial charge in [0.2, 0.25) is 0 Å². The third kappa shape index (κ3) is 2.06. The van der Waals surface area contributed by atoms with Gasteiger partial charge in [0.25, 0.3) is 0 Å². The molecule has 1 fully saturated rings. The Hall–Kier alpha value is -0.680. The van der Waals surface area contributed by atoms with Crippen LogP contribution in [0, 0.1) is 11.7 Å². The van der Waals surface area contributed by atoms with Crippen molar-refractivity contribution in [3.8, 4) is 0 Å². The molecule has 2 atom stereocenters. The second kappa shape index (κ2) is 4.67. The summed E-state index contributed by atoms with van der Waals surface area (Å²) in [6, 6.07) is 1.64. The van der Waals surface area contributed by atoms with E-state index in [4.69, 9.17) is 5.73 Å². The first-order valence-corrected chi connectivity index (χ1v) is 6.20. The number of rotatable bonds is 2. The van der Waals surface area contributed by atoms with Gasteiger partial charge in [0.05, 0.1) is 0 Å². The highest BCUT2D eigenvalue weighted by molar-refractivity contribution is 9.10. The highest BCUT2D eigenvalue weighted by atomic mass is 79.9. The molecule has 2 heterocycles. The Labute approximate surface area is 103 Å². The Morgan fingerprint density at radius 2 is 2.44 bits per heavy atom. The van der Waals surface area contributed by atoms with E-state index >= 15 is 0 Å². The highest BCUT2D eigenvalue weighted by Crippen LogP contribution is 2.30. The molecule has 0 aromatic carbocycles. The Morgan fingerprint density at radius 1 is 1.69 bits per heavy atom. The smallest absolute Gasteiger partial charge is 0.166 e. The van der Waals surface area contributed by atoms with Crippen LogP contribution in [0.5, 0.6) is 0 Å². The van der Waals surface area contributed by atoms with Crippen LogP contribution in [0.25, 0.3) is 0 Å². The number of nitrogens with two attached hydrogens (primary N) is 1. The lowest BCUT2D eigenvalue weighted by molar-refractivity contribution is 0.511. The van der Waals surface area contributed by atoms with Crippen molar-refractivity contribution in [2.75, 3.05) is 18.0 Å². The predicted molar refractivity (Wildman–Crippen MR) is 65.9 cm³/mol. The van der Waals surface area contributed by atoms with Crippen LogP contribution in [0.2, 0.25) is 0 Å². The standard InChI is InChI=1S/C11H15BrFN3/c1-7-2-3-16(10(7)5-14)11-9(13)4-8(12)6-15-11/h4,6-7,10H,2-3,5,14H2,1H3. The van der Waals surface area contributed by atoms with Gasteiger partial charge >= 0.3 is 0 Å². The minimum atomic E-state index is -0.290. The molecule has 0 saturated carbocycles. The predicted octanol–water partition coefficient (Wildman–Crippen LogP) is 2.16. The van der Waals surface area contributed by atoms with E-state index < -0.39 is 0 Å². The maximum absolute atomic E-state index is 13.8. The molecular formula is C11H15BrFN3. The molecule has 2 unspecified atom stereocenters. The summed E-state index contributed by atoms with van der Waals surface area (Å²) in [4.78, 5) is 6.12. The number of pyridine rings is 1. The van der Waals surface area contributed by atoms with Gasteiger partial charge in [0, 0.05) is 29.8 Å². The number of aromatic nitrogens is 1. The Balaban J connectivity index is 2.30. The summed E-state index contributed by atoms with van der Waals surface area (Å²) >= 11 is 3.20. The molecule has 1 aromatic heterocycles. The first-order valence-electron chi connectivity index (χ1n) is 5.41. The molecular weight excluding hydrogens is 273 g/mol. The molecule has 0 aliphatic carbocycles. The highest BCUT2D eigenvalue weighted by Gasteiger charge is 2.32. The van der Waals surface area contributed by atoms with Crippen LogP contribution in [0.1, 0.15) is 13.3 Å². The summed E-state index contributed by atoms with van der Waals surface area (Å²) in [5.41, 5.74) is 5.73. The van der Waals surface area contributed by atoms with Crippen LogP contribution in [-0.4, -0.2) is 24.1 Å². The summed E-state index contributed by atoms with van der Waals surface area (Å²) in [5, 5.41) is 0. The lowest BCUT2D eigenvalue weighted by Gasteiger charge is -2.26.